The molecule has 2 N–H and O–H groups in total. The number of nitrogen functional groups attached to an aromatic ring is 1. The number of hydrogen-bond acceptors (Lipinski definition) is 6. The van der Waals surface area contributed by atoms with Gasteiger partial charge in [0.05, 0.1) is 34.8 Å². The van der Waals surface area contributed by atoms with Crippen LogP contribution in [-0.2, 0) is 15.7 Å². The van der Waals surface area contributed by atoms with Crippen molar-refractivity contribution in [3.8, 4) is 11.3 Å². The number of morpholine rings is 1. The Balaban J connectivity index is 1.67. The lowest BCUT2D eigenvalue weighted by atomic mass is 10.0. The van der Waals surface area contributed by atoms with Gasteiger partial charge in [-0.3, -0.25) is 9.78 Å². The van der Waals surface area contributed by atoms with Crippen molar-refractivity contribution in [1.29, 1.82) is 0 Å². The van der Waals surface area contributed by atoms with Crippen LogP contribution >= 0.6 is 0 Å². The largest absolute Gasteiger partial charge is 0.418 e. The normalized spacial score (nSPS) is 19.7. The minimum atomic E-state index is -4.65. The van der Waals surface area contributed by atoms with E-state index < -0.39 is 17.3 Å². The predicted octanol–water partition coefficient (Wildman–Crippen LogP) is 3.38. The van der Waals surface area contributed by atoms with Gasteiger partial charge in [-0.2, -0.15) is 18.3 Å². The molecule has 3 aromatic rings. The van der Waals surface area contributed by atoms with Crippen LogP contribution in [0.15, 0.2) is 24.7 Å². The Hall–Kier alpha value is -3.21. The number of ether oxygens (including phenoxy) is 1. The van der Waals surface area contributed by atoms with E-state index in [0.29, 0.717) is 23.5 Å². The van der Waals surface area contributed by atoms with Gasteiger partial charge in [-0.1, -0.05) is 0 Å². The molecule has 2 aliphatic rings. The summed E-state index contributed by atoms with van der Waals surface area (Å²) < 4.78 is 48.2. The fourth-order valence-corrected chi connectivity index (χ4v) is 4.32. The fourth-order valence-electron chi connectivity index (χ4n) is 4.32. The summed E-state index contributed by atoms with van der Waals surface area (Å²) in [5.74, 6) is -0.501. The Morgan fingerprint density at radius 3 is 2.56 bits per heavy atom. The van der Waals surface area contributed by atoms with Gasteiger partial charge in [0.1, 0.15) is 17.4 Å². The molecule has 32 heavy (non-hydrogen) atoms. The maximum absolute atomic E-state index is 13.7. The zero-order valence-electron chi connectivity index (χ0n) is 17.7. The number of nitrogens with two attached hydrogens (primary N) is 1. The molecule has 3 aromatic heterocycles. The van der Waals surface area contributed by atoms with Gasteiger partial charge >= 0.3 is 6.18 Å². The number of amides is 1. The van der Waals surface area contributed by atoms with E-state index in [-0.39, 0.29) is 28.5 Å². The number of aryl methyl sites for hydroxylation is 1. The molecule has 1 saturated heterocycles. The predicted molar refractivity (Wildman–Crippen MR) is 110 cm³/mol. The van der Waals surface area contributed by atoms with E-state index in [1.54, 1.807) is 31.7 Å². The van der Waals surface area contributed by atoms with Crippen molar-refractivity contribution in [3.05, 3.63) is 35.9 Å². The van der Waals surface area contributed by atoms with Crippen molar-refractivity contribution >= 4 is 22.9 Å². The second kappa shape index (κ2) is 6.41. The number of hydrogen-bond donors (Lipinski definition) is 1. The quantitative estimate of drug-likeness (QED) is 0.648. The number of halogens is 3. The molecule has 1 amide bonds. The molecule has 5 rings (SSSR count). The lowest BCUT2D eigenvalue weighted by Crippen LogP contribution is -2.58. The number of fused-ring (bicyclic) bond motifs is 1. The van der Waals surface area contributed by atoms with E-state index in [1.807, 2.05) is 0 Å². The van der Waals surface area contributed by atoms with E-state index in [2.05, 4.69) is 15.1 Å². The maximum atomic E-state index is 13.7. The average Bonchev–Trinajstić information content (AvgIpc) is 3.30. The van der Waals surface area contributed by atoms with Gasteiger partial charge in [0.2, 0.25) is 0 Å². The molecular formula is C21H21F3N6O2. The van der Waals surface area contributed by atoms with Crippen LogP contribution in [0, 0.1) is 6.92 Å². The molecule has 0 atom stereocenters. The molecule has 8 nitrogen and oxygen atoms in total. The Morgan fingerprint density at radius 1 is 1.19 bits per heavy atom. The molecule has 11 heteroatoms. The summed E-state index contributed by atoms with van der Waals surface area (Å²) in [6, 6.07) is 2.64. The maximum Gasteiger partial charge on any atom is 0.418 e. The van der Waals surface area contributed by atoms with Crippen LogP contribution in [0.2, 0.25) is 0 Å². The van der Waals surface area contributed by atoms with E-state index in [9.17, 15) is 18.0 Å². The summed E-state index contributed by atoms with van der Waals surface area (Å²) in [6.07, 6.45) is -0.394. The molecule has 1 aliphatic carbocycles. The molecule has 0 radical (unpaired) electrons. The summed E-state index contributed by atoms with van der Waals surface area (Å²) in [6.45, 7) is 5.58. The van der Waals surface area contributed by atoms with Crippen molar-refractivity contribution < 1.29 is 22.7 Å². The zero-order valence-corrected chi connectivity index (χ0v) is 17.7. The third-order valence-electron chi connectivity index (χ3n) is 6.02. The summed E-state index contributed by atoms with van der Waals surface area (Å²) in [5, 5.41) is 3.99. The van der Waals surface area contributed by atoms with Gasteiger partial charge in [0.15, 0.2) is 5.82 Å². The van der Waals surface area contributed by atoms with Crippen molar-refractivity contribution in [2.75, 3.05) is 17.2 Å². The van der Waals surface area contributed by atoms with E-state index in [0.717, 1.165) is 29.8 Å². The topological polar surface area (TPSA) is 98.6 Å². The molecule has 1 saturated carbocycles. The highest BCUT2D eigenvalue weighted by molar-refractivity contribution is 6.01. The lowest BCUT2D eigenvalue weighted by Gasteiger charge is -2.42. The number of pyridine rings is 1. The molecule has 1 spiro atoms. The standard InChI is InChI=1S/C21H21F3N6O2/c1-11-14(29-9-20(4-5-20)32-19(2,3)18(29)31)6-12(8-26-11)15-7-13(21(22,23)24)16-17(25)27-10-28-30(15)16/h6-8,10H,4-5,9H2,1-3H3,(H2,25,27,28). The Kier molecular flexibility index (Phi) is 4.14. The number of carbonyl (C=O) groups is 1. The minimum Gasteiger partial charge on any atom is -0.382 e. The third kappa shape index (κ3) is 3.10. The van der Waals surface area contributed by atoms with Crippen LogP contribution in [0.25, 0.3) is 16.8 Å². The molecule has 4 heterocycles. The van der Waals surface area contributed by atoms with E-state index in [4.69, 9.17) is 10.5 Å². The second-order valence-electron chi connectivity index (χ2n) is 8.86. The van der Waals surface area contributed by atoms with E-state index in [1.165, 1.54) is 6.20 Å². The van der Waals surface area contributed by atoms with Crippen LogP contribution < -0.4 is 10.6 Å². The van der Waals surface area contributed by atoms with E-state index >= 15 is 0 Å². The number of carbonyl (C=O) groups excluding carboxylic acids is 1. The van der Waals surface area contributed by atoms with Gasteiger partial charge < -0.3 is 15.4 Å². The van der Waals surface area contributed by atoms with Crippen molar-refractivity contribution in [2.24, 2.45) is 0 Å². The van der Waals surface area contributed by atoms with Gasteiger partial charge in [0, 0.05) is 11.8 Å². The lowest BCUT2D eigenvalue weighted by molar-refractivity contribution is -0.159. The molecule has 1 aliphatic heterocycles. The Morgan fingerprint density at radius 2 is 1.91 bits per heavy atom. The monoisotopic (exact) mass is 446 g/mol. The number of alkyl halides is 3. The summed E-state index contributed by atoms with van der Waals surface area (Å²) in [5.41, 5.74) is 4.73. The molecule has 0 unspecified atom stereocenters. The first-order valence-electron chi connectivity index (χ1n) is 10.1. The van der Waals surface area contributed by atoms with Crippen LogP contribution in [-0.4, -0.2) is 43.2 Å². The summed E-state index contributed by atoms with van der Waals surface area (Å²) in [7, 11) is 0. The molecule has 2 fully saturated rings. The summed E-state index contributed by atoms with van der Waals surface area (Å²) in [4.78, 5) is 22.9. The highest BCUT2D eigenvalue weighted by atomic mass is 19.4. The fraction of sp³-hybridized carbons (Fsp3) is 0.429. The van der Waals surface area contributed by atoms with Crippen molar-refractivity contribution in [1.82, 2.24) is 19.6 Å². The highest BCUT2D eigenvalue weighted by Gasteiger charge is 2.56. The first-order valence-corrected chi connectivity index (χ1v) is 10.1. The molecule has 168 valence electrons. The van der Waals surface area contributed by atoms with Gasteiger partial charge in [-0.15, -0.1) is 0 Å². The minimum absolute atomic E-state index is 0.149. The Bertz CT molecular complexity index is 1260. The second-order valence-corrected chi connectivity index (χ2v) is 8.86. The smallest absolute Gasteiger partial charge is 0.382 e. The number of rotatable bonds is 2. The first kappa shape index (κ1) is 20.7. The van der Waals surface area contributed by atoms with Crippen LogP contribution in [0.3, 0.4) is 0 Å². The van der Waals surface area contributed by atoms with Crippen LogP contribution in [0.5, 0.6) is 0 Å². The molecule has 0 aromatic carbocycles. The average molecular weight is 446 g/mol. The number of anilines is 2. The van der Waals surface area contributed by atoms with Crippen molar-refractivity contribution in [3.63, 3.8) is 0 Å². The van der Waals surface area contributed by atoms with Crippen LogP contribution in [0.1, 0.15) is 37.9 Å². The van der Waals surface area contributed by atoms with Crippen molar-refractivity contribution in [2.45, 2.75) is 51.0 Å². The third-order valence-corrected chi connectivity index (χ3v) is 6.02. The molecule has 0 bridgehead atoms. The van der Waals surface area contributed by atoms with Gasteiger partial charge in [0.25, 0.3) is 5.91 Å². The first-order chi connectivity index (χ1) is 14.9. The number of nitrogens with zero attached hydrogens (tertiary/aromatic N) is 5. The highest BCUT2D eigenvalue weighted by Crippen LogP contribution is 2.48. The summed E-state index contributed by atoms with van der Waals surface area (Å²) >= 11 is 0. The van der Waals surface area contributed by atoms with Gasteiger partial charge in [-0.05, 0) is 45.7 Å². The SMILES string of the molecule is Cc1ncc(-c2cc(C(F)(F)F)c3c(N)ncnn23)cc1N1CC2(CC2)OC(C)(C)C1=O. The zero-order chi connectivity index (χ0) is 23.1. The number of aromatic nitrogens is 4. The van der Waals surface area contributed by atoms with Crippen LogP contribution in [0.4, 0.5) is 24.7 Å². The Labute approximate surface area is 181 Å². The molecular weight excluding hydrogens is 425 g/mol. The van der Waals surface area contributed by atoms with Gasteiger partial charge in [-0.25, -0.2) is 9.50 Å².